The predicted octanol–water partition coefficient (Wildman–Crippen LogP) is 6.51. The second-order valence-electron chi connectivity index (χ2n) is 10.0. The second kappa shape index (κ2) is 13.9. The summed E-state index contributed by atoms with van der Waals surface area (Å²) in [5.74, 6) is -2.07. The van der Waals surface area contributed by atoms with E-state index in [4.69, 9.17) is 5.11 Å². The van der Waals surface area contributed by atoms with E-state index in [1.54, 1.807) is 12.1 Å². The number of allylic oxidation sites excluding steroid dienone is 2. The number of hydrogen-bond donors (Lipinski definition) is 5. The van der Waals surface area contributed by atoms with Gasteiger partial charge in [-0.25, -0.2) is 9.59 Å². The van der Waals surface area contributed by atoms with Crippen molar-refractivity contribution in [3.63, 3.8) is 0 Å². The van der Waals surface area contributed by atoms with Crippen molar-refractivity contribution in [3.8, 4) is 0 Å². The molecule has 0 aliphatic heterocycles. The summed E-state index contributed by atoms with van der Waals surface area (Å²) in [7, 11) is 0. The Kier molecular flexibility index (Phi) is 10.3. The number of alkyl halides is 3. The smallest absolute Gasteiger partial charge is 0.416 e. The van der Waals surface area contributed by atoms with Gasteiger partial charge in [0, 0.05) is 15.7 Å². The molecular weight excluding hydrogens is 631 g/mol. The number of carboxylic acids is 1. The maximum atomic E-state index is 13.3. The number of aliphatic carboxylic acids is 1. The summed E-state index contributed by atoms with van der Waals surface area (Å²) in [5, 5.41) is 25.8. The molecule has 8 nitrogen and oxygen atoms in total. The number of anilines is 1. The molecule has 5 N–H and O–H groups in total. The van der Waals surface area contributed by atoms with Crippen LogP contribution in [0.25, 0.3) is 5.57 Å². The molecule has 0 aromatic heterocycles. The minimum absolute atomic E-state index is 0.0619. The molecule has 12 heteroatoms. The van der Waals surface area contributed by atoms with Gasteiger partial charge < -0.3 is 26.2 Å². The topological polar surface area (TPSA) is 128 Å². The zero-order valence-electron chi connectivity index (χ0n) is 22.7. The van der Waals surface area contributed by atoms with Gasteiger partial charge in [-0.3, -0.25) is 4.79 Å². The molecule has 2 unspecified atom stereocenters. The first-order valence-electron chi connectivity index (χ1n) is 13.4. The molecule has 0 bridgehead atoms. The Balaban J connectivity index is 1.58. The zero-order chi connectivity index (χ0) is 31.1. The van der Waals surface area contributed by atoms with Crippen LogP contribution in [0.2, 0.25) is 0 Å². The lowest BCUT2D eigenvalue weighted by Gasteiger charge is -2.22. The predicted molar refractivity (Wildman–Crippen MR) is 158 cm³/mol. The van der Waals surface area contributed by atoms with Gasteiger partial charge in [-0.1, -0.05) is 58.4 Å². The SMILES string of the molecule is O=C(Nc1cc(Br)cc(C(F)(F)F)c1)NC(c1ccc(C(=O)NCC(O)C(=O)O)cc1)c1ccc(C2=CCCCC2)cc1. The molecule has 1 aliphatic rings. The highest BCUT2D eigenvalue weighted by Crippen LogP contribution is 2.34. The van der Waals surface area contributed by atoms with Gasteiger partial charge in [0.2, 0.25) is 0 Å². The van der Waals surface area contributed by atoms with Gasteiger partial charge in [-0.05, 0) is 78.3 Å². The standard InChI is InChI=1S/C31H29BrF3N3O5/c32-24-14-23(31(33,34)35)15-25(16-24)37-30(43)38-27(20-8-6-19(7-9-20)18-4-2-1-3-5-18)21-10-12-22(13-11-21)28(40)36-17-26(39)29(41)42/h4,6-16,26-27,39H,1-3,5,17H2,(H,36,40)(H,41,42)(H2,37,38,43). The van der Waals surface area contributed by atoms with Crippen molar-refractivity contribution < 1.29 is 37.8 Å². The summed E-state index contributed by atoms with van der Waals surface area (Å²) in [6.07, 6.45) is 0.117. The summed E-state index contributed by atoms with van der Waals surface area (Å²) in [4.78, 5) is 36.3. The average molecular weight is 660 g/mol. The van der Waals surface area contributed by atoms with E-state index in [1.807, 2.05) is 24.3 Å². The second-order valence-corrected chi connectivity index (χ2v) is 11.0. The van der Waals surface area contributed by atoms with Crippen LogP contribution in [-0.2, 0) is 11.0 Å². The molecule has 3 amide bonds. The van der Waals surface area contributed by atoms with Crippen LogP contribution in [0.5, 0.6) is 0 Å². The molecule has 0 fully saturated rings. The van der Waals surface area contributed by atoms with Gasteiger partial charge in [0.05, 0.1) is 18.2 Å². The molecule has 0 spiro atoms. The zero-order valence-corrected chi connectivity index (χ0v) is 24.3. The number of aliphatic hydroxyl groups excluding tert-OH is 1. The first-order valence-corrected chi connectivity index (χ1v) is 14.2. The molecule has 3 aromatic carbocycles. The van der Waals surface area contributed by atoms with Crippen LogP contribution in [0.15, 0.2) is 77.3 Å². The molecule has 43 heavy (non-hydrogen) atoms. The summed E-state index contributed by atoms with van der Waals surface area (Å²) < 4.78 is 40.0. The van der Waals surface area contributed by atoms with E-state index in [0.717, 1.165) is 43.4 Å². The van der Waals surface area contributed by atoms with Gasteiger partial charge in [0.15, 0.2) is 6.10 Å². The van der Waals surface area contributed by atoms with E-state index in [2.05, 4.69) is 38.0 Å². The largest absolute Gasteiger partial charge is 0.479 e. The first kappa shape index (κ1) is 31.8. The number of benzene rings is 3. The monoisotopic (exact) mass is 659 g/mol. The van der Waals surface area contributed by atoms with E-state index < -0.39 is 48.3 Å². The Morgan fingerprint density at radius 1 is 0.930 bits per heavy atom. The van der Waals surface area contributed by atoms with Gasteiger partial charge in [-0.15, -0.1) is 0 Å². The van der Waals surface area contributed by atoms with Crippen molar-refractivity contribution in [1.82, 2.24) is 10.6 Å². The third-order valence-electron chi connectivity index (χ3n) is 6.91. The fraction of sp³-hybridized carbons (Fsp3) is 0.258. The number of urea groups is 1. The number of amides is 3. The van der Waals surface area contributed by atoms with Crippen molar-refractivity contribution in [2.75, 3.05) is 11.9 Å². The summed E-state index contributed by atoms with van der Waals surface area (Å²) in [5.41, 5.74) is 2.79. The number of carboxylic acid groups (broad SMARTS) is 1. The average Bonchev–Trinajstić information content (AvgIpc) is 2.98. The fourth-order valence-electron chi connectivity index (χ4n) is 4.68. The number of carbonyl (C=O) groups excluding carboxylic acids is 2. The lowest BCUT2D eigenvalue weighted by molar-refractivity contribution is -0.146. The van der Waals surface area contributed by atoms with E-state index in [-0.39, 0.29) is 15.7 Å². The summed E-state index contributed by atoms with van der Waals surface area (Å²) in [6, 6.07) is 15.4. The fourth-order valence-corrected chi connectivity index (χ4v) is 5.17. The number of aliphatic hydroxyl groups is 1. The summed E-state index contributed by atoms with van der Waals surface area (Å²) >= 11 is 3.05. The van der Waals surface area contributed by atoms with Crippen LogP contribution in [0.3, 0.4) is 0 Å². The summed E-state index contributed by atoms with van der Waals surface area (Å²) in [6.45, 7) is -0.477. The first-order chi connectivity index (χ1) is 20.4. The third kappa shape index (κ3) is 8.68. The number of hydrogen-bond acceptors (Lipinski definition) is 4. The molecule has 4 rings (SSSR count). The Bertz CT molecular complexity index is 1510. The maximum absolute atomic E-state index is 13.3. The van der Waals surface area contributed by atoms with Crippen LogP contribution in [0.1, 0.15) is 64.3 Å². The van der Waals surface area contributed by atoms with Crippen LogP contribution >= 0.6 is 15.9 Å². The Morgan fingerprint density at radius 3 is 2.16 bits per heavy atom. The third-order valence-corrected chi connectivity index (χ3v) is 7.37. The molecule has 0 saturated carbocycles. The van der Waals surface area contributed by atoms with Gasteiger partial charge in [0.1, 0.15) is 0 Å². The van der Waals surface area contributed by atoms with Gasteiger partial charge >= 0.3 is 18.2 Å². The highest BCUT2D eigenvalue weighted by Gasteiger charge is 2.31. The van der Waals surface area contributed by atoms with Crippen LogP contribution < -0.4 is 16.0 Å². The molecule has 0 heterocycles. The number of rotatable bonds is 9. The Labute approximate surface area is 254 Å². The molecule has 226 valence electrons. The number of nitrogens with one attached hydrogen (secondary N) is 3. The van der Waals surface area contributed by atoms with E-state index in [0.29, 0.717) is 11.1 Å². The lowest BCUT2D eigenvalue weighted by Crippen LogP contribution is -2.36. The molecule has 3 aromatic rings. The number of carbonyl (C=O) groups is 3. The van der Waals surface area contributed by atoms with Crippen molar-refractivity contribution >= 4 is 45.1 Å². The van der Waals surface area contributed by atoms with E-state index in [1.165, 1.54) is 23.8 Å². The van der Waals surface area contributed by atoms with Crippen molar-refractivity contribution in [3.05, 3.63) is 105 Å². The number of halogens is 4. The van der Waals surface area contributed by atoms with Crippen molar-refractivity contribution in [2.24, 2.45) is 0 Å². The van der Waals surface area contributed by atoms with Gasteiger partial charge in [0.25, 0.3) is 5.91 Å². The van der Waals surface area contributed by atoms with Crippen molar-refractivity contribution in [1.29, 1.82) is 0 Å². The minimum atomic E-state index is -4.60. The highest BCUT2D eigenvalue weighted by molar-refractivity contribution is 9.10. The van der Waals surface area contributed by atoms with Crippen LogP contribution in [0.4, 0.5) is 23.7 Å². The Hall–Kier alpha value is -4.16. The van der Waals surface area contributed by atoms with Gasteiger partial charge in [-0.2, -0.15) is 13.2 Å². The molecule has 0 saturated heterocycles. The normalized spacial score (nSPS) is 14.7. The molecule has 1 aliphatic carbocycles. The highest BCUT2D eigenvalue weighted by atomic mass is 79.9. The molecule has 2 atom stereocenters. The van der Waals surface area contributed by atoms with Crippen molar-refractivity contribution in [2.45, 2.75) is 44.0 Å². The minimum Gasteiger partial charge on any atom is -0.479 e. The molecular formula is C31H29BrF3N3O5. The van der Waals surface area contributed by atoms with Crippen LogP contribution in [0, 0.1) is 0 Å². The van der Waals surface area contributed by atoms with Crippen LogP contribution in [-0.4, -0.2) is 40.8 Å². The Morgan fingerprint density at radius 2 is 1.58 bits per heavy atom. The molecule has 0 radical (unpaired) electrons. The van der Waals surface area contributed by atoms with E-state index in [9.17, 15) is 32.7 Å². The van der Waals surface area contributed by atoms with E-state index >= 15 is 0 Å². The lowest BCUT2D eigenvalue weighted by atomic mass is 9.91. The maximum Gasteiger partial charge on any atom is 0.416 e. The quantitative estimate of drug-likeness (QED) is 0.179.